The van der Waals surface area contributed by atoms with E-state index in [2.05, 4.69) is 5.32 Å². The van der Waals surface area contributed by atoms with Crippen molar-refractivity contribution in [3.63, 3.8) is 0 Å². The molecule has 3 aromatic rings. The van der Waals surface area contributed by atoms with E-state index in [1.54, 1.807) is 5.38 Å². The van der Waals surface area contributed by atoms with Gasteiger partial charge in [0.2, 0.25) is 10.0 Å². The zero-order chi connectivity index (χ0) is 18.0. The van der Waals surface area contributed by atoms with Gasteiger partial charge in [0.15, 0.2) is 0 Å². The van der Waals surface area contributed by atoms with Crippen molar-refractivity contribution in [3.05, 3.63) is 64.5 Å². The third-order valence-corrected chi connectivity index (χ3v) is 6.17. The lowest BCUT2D eigenvalue weighted by molar-refractivity contribution is 0.598. The van der Waals surface area contributed by atoms with E-state index >= 15 is 0 Å². The van der Waals surface area contributed by atoms with Crippen LogP contribution in [0, 0.1) is 0 Å². The van der Waals surface area contributed by atoms with Gasteiger partial charge < -0.3 is 5.32 Å². The molecular weight excluding hydrogens is 376 g/mol. The Balaban J connectivity index is 2.29. The monoisotopic (exact) mass is 392 g/mol. The lowest BCUT2D eigenvalue weighted by Gasteiger charge is -2.14. The van der Waals surface area contributed by atoms with E-state index in [9.17, 15) is 8.42 Å². The molecule has 0 aliphatic heterocycles. The summed E-state index contributed by atoms with van der Waals surface area (Å²) in [5.41, 5.74) is 3.57. The number of hydrogen-bond donors (Lipinski definition) is 2. The van der Waals surface area contributed by atoms with Crippen LogP contribution >= 0.6 is 22.9 Å². The first-order valence-electron chi connectivity index (χ1n) is 7.55. The second-order valence-corrected chi connectivity index (χ2v) is 8.40. The van der Waals surface area contributed by atoms with Gasteiger partial charge in [-0.1, -0.05) is 41.9 Å². The first-order valence-corrected chi connectivity index (χ1v) is 10.4. The number of primary sulfonamides is 1. The highest BCUT2D eigenvalue weighted by Crippen LogP contribution is 2.41. The van der Waals surface area contributed by atoms with Crippen molar-refractivity contribution in [2.24, 2.45) is 5.14 Å². The summed E-state index contributed by atoms with van der Waals surface area (Å²) >= 11 is 7.72. The molecule has 7 heteroatoms. The molecule has 3 N–H and O–H groups in total. The van der Waals surface area contributed by atoms with E-state index in [1.165, 1.54) is 17.4 Å². The van der Waals surface area contributed by atoms with E-state index in [0.29, 0.717) is 16.4 Å². The number of hydrogen-bond acceptors (Lipinski definition) is 4. The molecule has 0 atom stereocenters. The lowest BCUT2D eigenvalue weighted by Crippen LogP contribution is -2.12. The maximum absolute atomic E-state index is 12.0. The fourth-order valence-electron chi connectivity index (χ4n) is 2.73. The molecule has 25 heavy (non-hydrogen) atoms. The lowest BCUT2D eigenvalue weighted by atomic mass is 9.96. The molecule has 1 aromatic heterocycles. The second-order valence-electron chi connectivity index (χ2n) is 5.55. The molecule has 0 saturated heterocycles. The van der Waals surface area contributed by atoms with E-state index < -0.39 is 10.0 Å². The van der Waals surface area contributed by atoms with Crippen LogP contribution < -0.4 is 10.5 Å². The fraction of sp³-hybridized carbons (Fsp3) is 0.111. The smallest absolute Gasteiger partial charge is 0.239 e. The van der Waals surface area contributed by atoms with Crippen LogP contribution in [0.1, 0.15) is 5.56 Å². The molecule has 0 unspecified atom stereocenters. The van der Waals surface area contributed by atoms with Gasteiger partial charge in [0.25, 0.3) is 0 Å². The highest BCUT2D eigenvalue weighted by molar-refractivity contribution is 7.89. The predicted octanol–water partition coefficient (Wildman–Crippen LogP) is 4.10. The number of rotatable bonds is 5. The molecule has 0 fully saturated rings. The van der Waals surface area contributed by atoms with Crippen molar-refractivity contribution in [2.75, 3.05) is 7.05 Å². The van der Waals surface area contributed by atoms with Crippen LogP contribution in [0.2, 0.25) is 5.02 Å². The molecule has 130 valence electrons. The molecule has 3 rings (SSSR count). The standard InChI is InChI=1S/C18H17ClN2O2S2/c1-21-11-12-6-7-13(14-4-2-3-5-16(14)19)15(10-12)18-17(8-9-24-18)25(20,22)23/h2-10,21H,11H2,1H3,(H2,20,22,23). The van der Waals surface area contributed by atoms with Crippen LogP contribution in [0.3, 0.4) is 0 Å². The number of thiophene rings is 1. The van der Waals surface area contributed by atoms with Crippen molar-refractivity contribution in [1.29, 1.82) is 0 Å². The summed E-state index contributed by atoms with van der Waals surface area (Å²) < 4.78 is 23.9. The quantitative estimate of drug-likeness (QED) is 0.686. The Kier molecular flexibility index (Phi) is 5.27. The minimum absolute atomic E-state index is 0.132. The Morgan fingerprint density at radius 1 is 1.08 bits per heavy atom. The van der Waals surface area contributed by atoms with Crippen molar-refractivity contribution < 1.29 is 8.42 Å². The van der Waals surface area contributed by atoms with E-state index in [0.717, 1.165) is 22.3 Å². The maximum atomic E-state index is 12.0. The molecule has 0 saturated carbocycles. The van der Waals surface area contributed by atoms with E-state index in [4.69, 9.17) is 16.7 Å². The van der Waals surface area contributed by atoms with Crippen molar-refractivity contribution in [3.8, 4) is 21.6 Å². The van der Waals surface area contributed by atoms with Gasteiger partial charge in [-0.25, -0.2) is 13.6 Å². The molecule has 1 heterocycles. The molecule has 0 aliphatic rings. The van der Waals surface area contributed by atoms with E-state index in [-0.39, 0.29) is 4.90 Å². The highest BCUT2D eigenvalue weighted by atomic mass is 35.5. The Labute approximate surface area is 156 Å². The number of sulfonamides is 1. The average molecular weight is 393 g/mol. The van der Waals surface area contributed by atoms with Crippen LogP contribution in [0.4, 0.5) is 0 Å². The Morgan fingerprint density at radius 2 is 1.84 bits per heavy atom. The van der Waals surface area contributed by atoms with Crippen LogP contribution in [0.5, 0.6) is 0 Å². The summed E-state index contributed by atoms with van der Waals surface area (Å²) in [7, 11) is -1.95. The summed E-state index contributed by atoms with van der Waals surface area (Å²) in [5.74, 6) is 0. The third-order valence-electron chi connectivity index (χ3n) is 3.81. The van der Waals surface area contributed by atoms with Gasteiger partial charge in [-0.15, -0.1) is 11.3 Å². The van der Waals surface area contributed by atoms with Gasteiger partial charge in [-0.2, -0.15) is 0 Å². The summed E-state index contributed by atoms with van der Waals surface area (Å²) in [6, 6.07) is 15.0. The maximum Gasteiger partial charge on any atom is 0.239 e. The van der Waals surface area contributed by atoms with Gasteiger partial charge in [0, 0.05) is 22.7 Å². The predicted molar refractivity (Wildman–Crippen MR) is 104 cm³/mol. The fourth-order valence-corrected chi connectivity index (χ4v) is 4.99. The largest absolute Gasteiger partial charge is 0.316 e. The van der Waals surface area contributed by atoms with Crippen LogP contribution in [-0.2, 0) is 16.6 Å². The summed E-state index contributed by atoms with van der Waals surface area (Å²) in [6.07, 6.45) is 0. The van der Waals surface area contributed by atoms with Crippen molar-refractivity contribution in [2.45, 2.75) is 11.4 Å². The molecule has 0 bridgehead atoms. The van der Waals surface area contributed by atoms with Crippen LogP contribution in [0.25, 0.3) is 21.6 Å². The van der Waals surface area contributed by atoms with Crippen molar-refractivity contribution >= 4 is 33.0 Å². The molecule has 0 aliphatic carbocycles. The number of halogens is 1. The first kappa shape index (κ1) is 18.1. The molecule has 4 nitrogen and oxygen atoms in total. The van der Waals surface area contributed by atoms with Crippen LogP contribution in [0.15, 0.2) is 58.8 Å². The topological polar surface area (TPSA) is 72.2 Å². The third kappa shape index (κ3) is 3.78. The summed E-state index contributed by atoms with van der Waals surface area (Å²) in [4.78, 5) is 0.753. The molecule has 0 amide bonds. The average Bonchev–Trinajstić information content (AvgIpc) is 3.06. The Morgan fingerprint density at radius 3 is 2.52 bits per heavy atom. The SMILES string of the molecule is CNCc1ccc(-c2ccccc2Cl)c(-c2sccc2S(N)(=O)=O)c1. The summed E-state index contributed by atoms with van der Waals surface area (Å²) in [6.45, 7) is 0.673. The Hall–Kier alpha value is -1.70. The molecule has 0 radical (unpaired) electrons. The molecular formula is C18H17ClN2O2S2. The highest BCUT2D eigenvalue weighted by Gasteiger charge is 2.20. The first-order chi connectivity index (χ1) is 11.9. The number of benzene rings is 2. The normalized spacial score (nSPS) is 11.6. The van der Waals surface area contributed by atoms with Gasteiger partial charge in [0.1, 0.15) is 4.90 Å². The Bertz CT molecular complexity index is 1010. The molecule has 0 spiro atoms. The minimum Gasteiger partial charge on any atom is -0.316 e. The van der Waals surface area contributed by atoms with Crippen molar-refractivity contribution in [1.82, 2.24) is 5.32 Å². The summed E-state index contributed by atoms with van der Waals surface area (Å²) in [5, 5.41) is 10.8. The zero-order valence-electron chi connectivity index (χ0n) is 13.5. The van der Waals surface area contributed by atoms with Gasteiger partial charge in [-0.3, -0.25) is 0 Å². The molecule has 2 aromatic carbocycles. The van der Waals surface area contributed by atoms with Gasteiger partial charge in [-0.05, 0) is 41.8 Å². The van der Waals surface area contributed by atoms with Gasteiger partial charge >= 0.3 is 0 Å². The van der Waals surface area contributed by atoms with Crippen LogP contribution in [-0.4, -0.2) is 15.5 Å². The second kappa shape index (κ2) is 7.27. The van der Waals surface area contributed by atoms with E-state index in [1.807, 2.05) is 49.5 Å². The zero-order valence-corrected chi connectivity index (χ0v) is 15.9. The number of nitrogens with one attached hydrogen (secondary N) is 1. The minimum atomic E-state index is -3.81. The number of nitrogens with two attached hydrogens (primary N) is 1. The van der Waals surface area contributed by atoms with Gasteiger partial charge in [0.05, 0.1) is 4.88 Å².